The highest BCUT2D eigenvalue weighted by Crippen LogP contribution is 2.15. The fourth-order valence-corrected chi connectivity index (χ4v) is 2.32. The van der Waals surface area contributed by atoms with E-state index in [0.717, 1.165) is 12.0 Å². The molecule has 0 aliphatic heterocycles. The first-order chi connectivity index (χ1) is 10.1. The number of carbonyl (C=O) groups excluding carboxylic acids is 1. The van der Waals surface area contributed by atoms with Crippen molar-refractivity contribution in [3.8, 4) is 0 Å². The van der Waals surface area contributed by atoms with Crippen LogP contribution in [0.2, 0.25) is 0 Å². The average molecular weight is 310 g/mol. The van der Waals surface area contributed by atoms with Crippen LogP contribution in [0.15, 0.2) is 29.2 Å². The number of hydrogen-bond donors (Lipinski definition) is 2. The molecular formula is C16H26N2O2S. The molecule has 4 nitrogen and oxygen atoms in total. The Morgan fingerprint density at radius 3 is 2.57 bits per heavy atom. The van der Waals surface area contributed by atoms with Gasteiger partial charge in [-0.15, -0.1) is 11.8 Å². The first-order valence-corrected chi connectivity index (χ1v) is 8.59. The molecule has 2 N–H and O–H groups in total. The molecule has 0 unspecified atom stereocenters. The Morgan fingerprint density at radius 1 is 1.38 bits per heavy atom. The number of rotatable bonds is 8. The van der Waals surface area contributed by atoms with Gasteiger partial charge in [0.15, 0.2) is 0 Å². The van der Waals surface area contributed by atoms with Gasteiger partial charge in [0.2, 0.25) is 0 Å². The van der Waals surface area contributed by atoms with Crippen molar-refractivity contribution in [1.29, 1.82) is 0 Å². The minimum absolute atomic E-state index is 0.0448. The maximum atomic E-state index is 12.1. The largest absolute Gasteiger partial charge is 0.396 e. The molecule has 0 radical (unpaired) electrons. The molecule has 0 aromatic heterocycles. The molecule has 118 valence electrons. The van der Waals surface area contributed by atoms with Gasteiger partial charge >= 0.3 is 6.03 Å². The summed E-state index contributed by atoms with van der Waals surface area (Å²) >= 11 is 1.71. The molecule has 21 heavy (non-hydrogen) atoms. The summed E-state index contributed by atoms with van der Waals surface area (Å²) in [6.07, 6.45) is 2.84. The topological polar surface area (TPSA) is 52.6 Å². The Hall–Kier alpha value is -1.20. The second-order valence-electron chi connectivity index (χ2n) is 5.17. The van der Waals surface area contributed by atoms with Crippen LogP contribution in [0.3, 0.4) is 0 Å². The Labute approximate surface area is 131 Å². The van der Waals surface area contributed by atoms with Crippen molar-refractivity contribution in [2.24, 2.45) is 5.92 Å². The van der Waals surface area contributed by atoms with Gasteiger partial charge in [-0.2, -0.15) is 0 Å². The van der Waals surface area contributed by atoms with Crippen LogP contribution < -0.4 is 5.32 Å². The molecule has 5 heteroatoms. The van der Waals surface area contributed by atoms with Gasteiger partial charge in [0.1, 0.15) is 0 Å². The van der Waals surface area contributed by atoms with Gasteiger partial charge in [-0.05, 0) is 43.2 Å². The minimum Gasteiger partial charge on any atom is -0.396 e. The van der Waals surface area contributed by atoms with Gasteiger partial charge in [0.05, 0.1) is 0 Å². The van der Waals surface area contributed by atoms with Crippen molar-refractivity contribution in [1.82, 2.24) is 10.2 Å². The van der Waals surface area contributed by atoms with E-state index in [2.05, 4.69) is 29.6 Å². The van der Waals surface area contributed by atoms with Gasteiger partial charge in [-0.25, -0.2) is 4.79 Å². The van der Waals surface area contributed by atoms with Gasteiger partial charge in [-0.3, -0.25) is 0 Å². The molecule has 0 heterocycles. The van der Waals surface area contributed by atoms with E-state index in [4.69, 9.17) is 5.11 Å². The Balaban J connectivity index is 2.47. The number of aliphatic hydroxyl groups excluding tert-OH is 1. The van der Waals surface area contributed by atoms with E-state index in [-0.39, 0.29) is 18.6 Å². The number of carbonyl (C=O) groups is 1. The molecule has 1 atom stereocenters. The molecule has 0 aliphatic carbocycles. The monoisotopic (exact) mass is 310 g/mol. The van der Waals surface area contributed by atoms with E-state index < -0.39 is 0 Å². The summed E-state index contributed by atoms with van der Waals surface area (Å²) < 4.78 is 0. The molecule has 0 bridgehead atoms. The zero-order valence-electron chi connectivity index (χ0n) is 13.1. The van der Waals surface area contributed by atoms with Crippen LogP contribution in [0.4, 0.5) is 4.79 Å². The van der Waals surface area contributed by atoms with Gasteiger partial charge < -0.3 is 15.3 Å². The predicted molar refractivity (Wildman–Crippen MR) is 88.6 cm³/mol. The number of aliphatic hydroxyl groups is 1. The highest BCUT2D eigenvalue weighted by atomic mass is 32.2. The van der Waals surface area contributed by atoms with Crippen LogP contribution >= 0.6 is 11.8 Å². The van der Waals surface area contributed by atoms with Crippen LogP contribution in [0.25, 0.3) is 0 Å². The lowest BCUT2D eigenvalue weighted by molar-refractivity contribution is 0.194. The molecule has 0 saturated heterocycles. The summed E-state index contributed by atoms with van der Waals surface area (Å²) in [5.74, 6) is 0.222. The number of nitrogens with one attached hydrogen (secondary N) is 1. The number of benzene rings is 1. The van der Waals surface area contributed by atoms with Crippen molar-refractivity contribution in [3.05, 3.63) is 29.8 Å². The van der Waals surface area contributed by atoms with Crippen LogP contribution in [-0.2, 0) is 6.54 Å². The third-order valence-corrected chi connectivity index (χ3v) is 4.17. The molecule has 2 amide bonds. The van der Waals surface area contributed by atoms with E-state index in [9.17, 15) is 4.79 Å². The van der Waals surface area contributed by atoms with Gasteiger partial charge in [0.25, 0.3) is 0 Å². The zero-order valence-corrected chi connectivity index (χ0v) is 13.9. The number of thioether (sulfide) groups is 1. The second-order valence-corrected chi connectivity index (χ2v) is 6.05. The first kappa shape index (κ1) is 17.9. The summed E-state index contributed by atoms with van der Waals surface area (Å²) in [5, 5.41) is 11.9. The van der Waals surface area contributed by atoms with E-state index in [1.54, 1.807) is 16.7 Å². The van der Waals surface area contributed by atoms with Crippen LogP contribution in [0.5, 0.6) is 0 Å². The van der Waals surface area contributed by atoms with Crippen molar-refractivity contribution in [3.63, 3.8) is 0 Å². The standard InChI is InChI=1S/C16H26N2O2S/c1-4-18(16(20)17-10-9-13(2)12-19)11-14-5-7-15(21-3)8-6-14/h5-8,13,19H,4,9-12H2,1-3H3,(H,17,20)/t13-/m1/s1. The molecule has 1 rings (SSSR count). The fourth-order valence-electron chi connectivity index (χ4n) is 1.91. The number of amides is 2. The van der Waals surface area contributed by atoms with E-state index in [1.807, 2.05) is 20.1 Å². The normalized spacial score (nSPS) is 12.0. The van der Waals surface area contributed by atoms with Crippen LogP contribution in [0, 0.1) is 5.92 Å². The molecule has 0 saturated carbocycles. The molecule has 0 fully saturated rings. The summed E-state index contributed by atoms with van der Waals surface area (Å²) in [5.41, 5.74) is 1.13. The highest BCUT2D eigenvalue weighted by Gasteiger charge is 2.12. The Kier molecular flexibility index (Phi) is 8.23. The van der Waals surface area contributed by atoms with E-state index >= 15 is 0 Å². The van der Waals surface area contributed by atoms with Crippen molar-refractivity contribution in [2.45, 2.75) is 31.7 Å². The highest BCUT2D eigenvalue weighted by molar-refractivity contribution is 7.98. The third kappa shape index (κ3) is 6.40. The smallest absolute Gasteiger partial charge is 0.317 e. The lowest BCUT2D eigenvalue weighted by atomic mass is 10.1. The summed E-state index contributed by atoms with van der Waals surface area (Å²) in [4.78, 5) is 15.1. The van der Waals surface area contributed by atoms with E-state index in [0.29, 0.717) is 19.6 Å². The van der Waals surface area contributed by atoms with Gasteiger partial charge in [-0.1, -0.05) is 19.1 Å². The number of hydrogen-bond acceptors (Lipinski definition) is 3. The lowest BCUT2D eigenvalue weighted by Crippen LogP contribution is -2.40. The SMILES string of the molecule is CCN(Cc1ccc(SC)cc1)C(=O)NCC[C@@H](C)CO. The summed E-state index contributed by atoms with van der Waals surface area (Å²) in [7, 11) is 0. The quantitative estimate of drug-likeness (QED) is 0.726. The Bertz CT molecular complexity index is 423. The van der Waals surface area contributed by atoms with Crippen LogP contribution in [-0.4, -0.2) is 42.0 Å². The van der Waals surface area contributed by atoms with Crippen LogP contribution in [0.1, 0.15) is 25.8 Å². The number of urea groups is 1. The Morgan fingerprint density at radius 2 is 2.05 bits per heavy atom. The van der Waals surface area contributed by atoms with Crippen molar-refractivity contribution >= 4 is 17.8 Å². The maximum absolute atomic E-state index is 12.1. The van der Waals surface area contributed by atoms with E-state index in [1.165, 1.54) is 4.90 Å². The third-order valence-electron chi connectivity index (χ3n) is 3.43. The lowest BCUT2D eigenvalue weighted by Gasteiger charge is -2.22. The second kappa shape index (κ2) is 9.68. The van der Waals surface area contributed by atoms with Crippen molar-refractivity contribution < 1.29 is 9.90 Å². The minimum atomic E-state index is -0.0448. The number of nitrogens with zero attached hydrogens (tertiary/aromatic N) is 1. The summed E-state index contributed by atoms with van der Waals surface area (Å²) in [6, 6.07) is 8.24. The zero-order chi connectivity index (χ0) is 15.7. The predicted octanol–water partition coefficient (Wildman–Crippen LogP) is 2.96. The molecule has 1 aromatic carbocycles. The maximum Gasteiger partial charge on any atom is 0.317 e. The molecule has 1 aromatic rings. The molecule has 0 aliphatic rings. The molecule has 0 spiro atoms. The van der Waals surface area contributed by atoms with Gasteiger partial charge in [0, 0.05) is 31.1 Å². The average Bonchev–Trinajstić information content (AvgIpc) is 2.52. The summed E-state index contributed by atoms with van der Waals surface area (Å²) in [6.45, 7) is 6.00. The van der Waals surface area contributed by atoms with Crippen molar-refractivity contribution in [2.75, 3.05) is 26.0 Å². The fraction of sp³-hybridized carbons (Fsp3) is 0.562. The first-order valence-electron chi connectivity index (χ1n) is 7.37. The molecular weight excluding hydrogens is 284 g/mol.